The van der Waals surface area contributed by atoms with Crippen LogP contribution in [0.2, 0.25) is 5.02 Å². The first kappa shape index (κ1) is 28.1. The first-order chi connectivity index (χ1) is 19.4. The van der Waals surface area contributed by atoms with E-state index in [-0.39, 0.29) is 0 Å². The zero-order valence-electron chi connectivity index (χ0n) is 22.0. The molecule has 5 rings (SSSR count). The minimum Gasteiger partial charge on any atom is -0.493 e. The summed E-state index contributed by atoms with van der Waals surface area (Å²) in [4.78, 5) is 17.7. The van der Waals surface area contributed by atoms with Crippen LogP contribution in [0, 0.1) is 0 Å². The third kappa shape index (κ3) is 5.84. The molecule has 2 heterocycles. The number of methoxy groups -OCH3 is 2. The predicted molar refractivity (Wildman–Crippen MR) is 159 cm³/mol. The summed E-state index contributed by atoms with van der Waals surface area (Å²) in [6.07, 6.45) is 0. The van der Waals surface area contributed by atoms with Crippen LogP contribution in [0.5, 0.6) is 11.5 Å². The molecule has 4 aromatic rings. The maximum absolute atomic E-state index is 13.0. The second-order valence-electron chi connectivity index (χ2n) is 8.91. The van der Waals surface area contributed by atoms with Crippen LogP contribution in [-0.4, -0.2) is 35.0 Å². The molecule has 0 aliphatic carbocycles. The number of aromatic nitrogens is 3. The number of carbonyl (C=O) groups excluding carboxylic acids is 1. The molecule has 11 heteroatoms. The SMILES string of the molecule is COC(=O)C1=C(C)Nc2nc(SCc3ccccc3Cl)nn2C1c1cc(Br)c(OCc2ccccc2)c(OC)c1. The highest BCUT2D eigenvalue weighted by atomic mass is 79.9. The summed E-state index contributed by atoms with van der Waals surface area (Å²) in [6.45, 7) is 2.19. The lowest BCUT2D eigenvalue weighted by Gasteiger charge is -2.28. The van der Waals surface area contributed by atoms with Crippen molar-refractivity contribution in [3.8, 4) is 11.5 Å². The molecule has 1 atom stereocenters. The van der Waals surface area contributed by atoms with Crippen molar-refractivity contribution in [2.24, 2.45) is 0 Å². The van der Waals surface area contributed by atoms with Gasteiger partial charge in [0.25, 0.3) is 0 Å². The molecule has 0 saturated carbocycles. The average molecular weight is 642 g/mol. The van der Waals surface area contributed by atoms with Crippen LogP contribution >= 0.6 is 39.3 Å². The van der Waals surface area contributed by atoms with Gasteiger partial charge in [-0.2, -0.15) is 4.98 Å². The highest BCUT2D eigenvalue weighted by Gasteiger charge is 2.36. The van der Waals surface area contributed by atoms with E-state index in [4.69, 9.17) is 35.9 Å². The van der Waals surface area contributed by atoms with Crippen molar-refractivity contribution in [3.63, 3.8) is 0 Å². The number of hydrogen-bond donors (Lipinski definition) is 1. The number of esters is 1. The lowest BCUT2D eigenvalue weighted by Crippen LogP contribution is -2.29. The van der Waals surface area contributed by atoms with Gasteiger partial charge in [-0.05, 0) is 57.7 Å². The second-order valence-corrected chi connectivity index (χ2v) is 11.1. The Bertz CT molecular complexity index is 1580. The first-order valence-electron chi connectivity index (χ1n) is 12.3. The van der Waals surface area contributed by atoms with Gasteiger partial charge in [0.15, 0.2) is 11.5 Å². The number of nitrogens with one attached hydrogen (secondary N) is 1. The van der Waals surface area contributed by atoms with Crippen LogP contribution in [0.3, 0.4) is 0 Å². The molecule has 0 radical (unpaired) electrons. The van der Waals surface area contributed by atoms with Crippen molar-refractivity contribution in [1.82, 2.24) is 14.8 Å². The average Bonchev–Trinajstić information content (AvgIpc) is 3.37. The van der Waals surface area contributed by atoms with Crippen LogP contribution < -0.4 is 14.8 Å². The number of allylic oxidation sites excluding steroid dienone is 1. The van der Waals surface area contributed by atoms with Crippen LogP contribution in [0.15, 0.2) is 87.6 Å². The van der Waals surface area contributed by atoms with Gasteiger partial charge in [-0.15, -0.1) is 5.10 Å². The third-order valence-corrected chi connectivity index (χ3v) is 8.19. The number of anilines is 1. The van der Waals surface area contributed by atoms with Crippen molar-refractivity contribution in [1.29, 1.82) is 0 Å². The van der Waals surface area contributed by atoms with E-state index in [1.165, 1.54) is 18.9 Å². The molecule has 40 heavy (non-hydrogen) atoms. The molecule has 1 aliphatic heterocycles. The number of nitrogens with zero attached hydrogens (tertiary/aromatic N) is 3. The molecule has 0 bridgehead atoms. The van der Waals surface area contributed by atoms with E-state index in [1.807, 2.05) is 73.7 Å². The molecular weight excluding hydrogens is 616 g/mol. The molecule has 1 aromatic heterocycles. The van der Waals surface area contributed by atoms with E-state index >= 15 is 0 Å². The number of carbonyl (C=O) groups is 1. The third-order valence-electron chi connectivity index (χ3n) is 6.35. The fraction of sp³-hybridized carbons (Fsp3) is 0.207. The highest BCUT2D eigenvalue weighted by Crippen LogP contribution is 2.43. The lowest BCUT2D eigenvalue weighted by atomic mass is 9.95. The maximum Gasteiger partial charge on any atom is 0.338 e. The monoisotopic (exact) mass is 640 g/mol. The number of thioether (sulfide) groups is 1. The van der Waals surface area contributed by atoms with Gasteiger partial charge in [-0.25, -0.2) is 9.48 Å². The van der Waals surface area contributed by atoms with Gasteiger partial charge >= 0.3 is 5.97 Å². The predicted octanol–water partition coefficient (Wildman–Crippen LogP) is 7.04. The summed E-state index contributed by atoms with van der Waals surface area (Å²) in [5.74, 6) is 1.70. The topological polar surface area (TPSA) is 87.5 Å². The lowest BCUT2D eigenvalue weighted by molar-refractivity contribution is -0.136. The number of rotatable bonds is 9. The molecule has 1 unspecified atom stereocenters. The minimum atomic E-state index is -0.626. The summed E-state index contributed by atoms with van der Waals surface area (Å²) in [5.41, 5.74) is 3.79. The number of hydrogen-bond acceptors (Lipinski definition) is 8. The Hall–Kier alpha value is -3.47. The molecule has 8 nitrogen and oxygen atoms in total. The van der Waals surface area contributed by atoms with Crippen LogP contribution in [-0.2, 0) is 21.9 Å². The van der Waals surface area contributed by atoms with Gasteiger partial charge in [0, 0.05) is 16.5 Å². The van der Waals surface area contributed by atoms with Crippen molar-refractivity contribution in [2.45, 2.75) is 30.5 Å². The first-order valence-corrected chi connectivity index (χ1v) is 14.5. The van der Waals surface area contributed by atoms with Gasteiger partial charge in [0.2, 0.25) is 11.1 Å². The van der Waals surface area contributed by atoms with Gasteiger partial charge in [0.1, 0.15) is 12.6 Å². The van der Waals surface area contributed by atoms with E-state index in [1.54, 1.807) is 11.8 Å². The van der Waals surface area contributed by atoms with Crippen LogP contribution in [0.4, 0.5) is 5.95 Å². The van der Waals surface area contributed by atoms with E-state index in [9.17, 15) is 4.79 Å². The van der Waals surface area contributed by atoms with Crippen molar-refractivity contribution in [2.75, 3.05) is 19.5 Å². The summed E-state index contributed by atoms with van der Waals surface area (Å²) >= 11 is 11.5. The quantitative estimate of drug-likeness (QED) is 0.154. The van der Waals surface area contributed by atoms with Crippen molar-refractivity contribution in [3.05, 3.63) is 104 Å². The fourth-order valence-corrected chi connectivity index (χ4v) is 6.09. The van der Waals surface area contributed by atoms with Gasteiger partial charge in [-0.1, -0.05) is 71.9 Å². The van der Waals surface area contributed by atoms with Gasteiger partial charge in [0.05, 0.1) is 24.3 Å². The van der Waals surface area contributed by atoms with E-state index in [2.05, 4.69) is 21.2 Å². The second kappa shape index (κ2) is 12.4. The molecule has 3 aromatic carbocycles. The van der Waals surface area contributed by atoms with Crippen LogP contribution in [0.1, 0.15) is 29.7 Å². The van der Waals surface area contributed by atoms with Crippen LogP contribution in [0.25, 0.3) is 0 Å². The Kier molecular flexibility index (Phi) is 8.68. The number of fused-ring (bicyclic) bond motifs is 1. The highest BCUT2D eigenvalue weighted by molar-refractivity contribution is 9.10. The zero-order chi connectivity index (χ0) is 28.2. The minimum absolute atomic E-state index is 0.369. The smallest absolute Gasteiger partial charge is 0.338 e. The molecule has 1 N–H and O–H groups in total. The Morgan fingerprint density at radius 1 is 1.12 bits per heavy atom. The number of benzene rings is 3. The Balaban J connectivity index is 1.51. The van der Waals surface area contributed by atoms with Gasteiger partial charge in [-0.3, -0.25) is 0 Å². The molecule has 0 spiro atoms. The Morgan fingerprint density at radius 2 is 1.88 bits per heavy atom. The van der Waals surface area contributed by atoms with E-state index in [0.717, 1.165) is 16.7 Å². The molecule has 0 saturated heterocycles. The largest absolute Gasteiger partial charge is 0.493 e. The van der Waals surface area contributed by atoms with E-state index < -0.39 is 12.0 Å². The molecule has 1 aliphatic rings. The zero-order valence-corrected chi connectivity index (χ0v) is 25.1. The van der Waals surface area contributed by atoms with Crippen molar-refractivity contribution >= 4 is 51.2 Å². The normalized spacial score (nSPS) is 14.4. The molecule has 206 valence electrons. The summed E-state index contributed by atoms with van der Waals surface area (Å²) < 4.78 is 19.4. The summed E-state index contributed by atoms with van der Waals surface area (Å²) in [7, 11) is 2.94. The van der Waals surface area contributed by atoms with Crippen molar-refractivity contribution < 1.29 is 19.0 Å². The summed E-state index contributed by atoms with van der Waals surface area (Å²) in [6, 6.07) is 20.7. The Labute approximate surface area is 249 Å². The maximum atomic E-state index is 13.0. The van der Waals surface area contributed by atoms with E-state index in [0.29, 0.717) is 55.7 Å². The molecule has 0 fully saturated rings. The Morgan fingerprint density at radius 3 is 2.60 bits per heavy atom. The standard InChI is InChI=1S/C29H26BrClN4O4S/c1-17-24(27(36)38-3)25(35-28(32-17)33-29(34-35)40-16-19-11-7-8-12-22(19)31)20-13-21(30)26(23(14-20)37-2)39-15-18-9-5-4-6-10-18/h4-14,25H,15-16H2,1-3H3,(H,32,33,34). The number of ether oxygens (including phenoxy) is 3. The van der Waals surface area contributed by atoms with Gasteiger partial charge < -0.3 is 19.5 Å². The molecule has 0 amide bonds. The number of halogens is 2. The fourth-order valence-electron chi connectivity index (χ4n) is 4.40. The molecular formula is C29H26BrClN4O4S. The summed E-state index contributed by atoms with van der Waals surface area (Å²) in [5, 5.41) is 9.21.